The number of aromatic nitrogens is 1. The Labute approximate surface area is 105 Å². The molecule has 0 amide bonds. The Balaban J connectivity index is 2.42. The number of para-hydroxylation sites is 1. The molecule has 1 aromatic heterocycles. The third-order valence-corrected chi connectivity index (χ3v) is 2.53. The van der Waals surface area contributed by atoms with E-state index in [0.29, 0.717) is 5.69 Å². The third kappa shape index (κ3) is 2.25. The lowest BCUT2D eigenvalue weighted by molar-refractivity contribution is 0.103. The number of nitrogens with one attached hydrogen (secondary N) is 1. The van der Waals surface area contributed by atoms with Gasteiger partial charge in [-0.1, -0.05) is 18.2 Å². The van der Waals surface area contributed by atoms with Gasteiger partial charge in [0.05, 0.1) is 5.69 Å². The first-order chi connectivity index (χ1) is 8.61. The fourth-order valence-corrected chi connectivity index (χ4v) is 1.74. The van der Waals surface area contributed by atoms with Gasteiger partial charge >= 0.3 is 0 Å². The summed E-state index contributed by atoms with van der Waals surface area (Å²) >= 11 is 0. The Morgan fingerprint density at radius 2 is 2.11 bits per heavy atom. The largest absolute Gasteiger partial charge is 0.382 e. The molecular formula is C14H13N3O. The maximum absolute atomic E-state index is 12.1. The van der Waals surface area contributed by atoms with E-state index >= 15 is 0 Å². The zero-order chi connectivity index (χ0) is 13.1. The van der Waals surface area contributed by atoms with Gasteiger partial charge in [0.1, 0.15) is 11.6 Å². The topological polar surface area (TPSA) is 59.9 Å². The smallest absolute Gasteiger partial charge is 0.221 e. The average molecular weight is 239 g/mol. The summed E-state index contributed by atoms with van der Waals surface area (Å²) in [6.45, 7) is 0. The number of ketones is 1. The molecule has 0 aliphatic rings. The monoisotopic (exact) mass is 239 g/mol. The minimum atomic E-state index is -0.289. The third-order valence-electron chi connectivity index (χ3n) is 2.53. The summed E-state index contributed by atoms with van der Waals surface area (Å²) in [6.07, 6.45) is 1.52. The number of benzene rings is 1. The van der Waals surface area contributed by atoms with Crippen molar-refractivity contribution in [3.8, 4) is 6.07 Å². The summed E-state index contributed by atoms with van der Waals surface area (Å²) in [6, 6.07) is 11.3. The summed E-state index contributed by atoms with van der Waals surface area (Å²) in [4.78, 5) is 16.8. The van der Waals surface area contributed by atoms with Crippen LogP contribution in [0.15, 0.2) is 42.1 Å². The molecule has 0 spiro atoms. The number of carbonyl (C=O) groups is 1. The molecule has 1 aromatic carbocycles. The molecule has 0 saturated carbocycles. The normalized spacial score (nSPS) is 11.3. The van der Waals surface area contributed by atoms with E-state index in [1.54, 1.807) is 25.1 Å². The first-order valence-electron chi connectivity index (χ1n) is 5.52. The van der Waals surface area contributed by atoms with Crippen LogP contribution in [0.1, 0.15) is 10.5 Å². The van der Waals surface area contributed by atoms with Crippen molar-refractivity contribution in [1.29, 1.82) is 5.26 Å². The summed E-state index contributed by atoms with van der Waals surface area (Å²) in [5, 5.41) is 9.96. The molecule has 0 fully saturated rings. The highest BCUT2D eigenvalue weighted by Crippen LogP contribution is 2.17. The van der Waals surface area contributed by atoms with Crippen molar-refractivity contribution >= 4 is 16.7 Å². The molecule has 2 rings (SSSR count). The summed E-state index contributed by atoms with van der Waals surface area (Å²) < 4.78 is 0. The first-order valence-corrected chi connectivity index (χ1v) is 5.52. The Morgan fingerprint density at radius 1 is 1.39 bits per heavy atom. The molecular weight excluding hydrogens is 226 g/mol. The predicted molar refractivity (Wildman–Crippen MR) is 70.0 cm³/mol. The lowest BCUT2D eigenvalue weighted by atomic mass is 10.1. The van der Waals surface area contributed by atoms with Gasteiger partial charge in [-0.3, -0.25) is 4.79 Å². The van der Waals surface area contributed by atoms with E-state index in [1.165, 1.54) is 6.20 Å². The Kier molecular flexibility index (Phi) is 3.16. The molecule has 4 nitrogen and oxygen atoms in total. The number of fused-ring (bicyclic) bond motifs is 1. The zero-order valence-electron chi connectivity index (χ0n) is 10.3. The maximum Gasteiger partial charge on any atom is 0.221 e. The van der Waals surface area contributed by atoms with E-state index < -0.39 is 0 Å². The van der Waals surface area contributed by atoms with Crippen molar-refractivity contribution in [2.75, 3.05) is 14.1 Å². The number of rotatable bonds is 3. The molecule has 1 N–H and O–H groups in total. The Hall–Kier alpha value is -2.54. The van der Waals surface area contributed by atoms with E-state index in [-0.39, 0.29) is 11.4 Å². The van der Waals surface area contributed by atoms with Crippen LogP contribution in [0.25, 0.3) is 10.9 Å². The van der Waals surface area contributed by atoms with E-state index in [9.17, 15) is 4.79 Å². The molecule has 2 aromatic rings. The molecule has 0 atom stereocenters. The molecule has 1 heterocycles. The lowest BCUT2D eigenvalue weighted by Gasteiger charge is -2.04. The Bertz CT molecular complexity index is 626. The fourth-order valence-electron chi connectivity index (χ4n) is 1.74. The van der Waals surface area contributed by atoms with Gasteiger partial charge in [-0.05, 0) is 12.1 Å². The molecule has 0 unspecified atom stereocenters. The van der Waals surface area contributed by atoms with Gasteiger partial charge in [-0.2, -0.15) is 5.26 Å². The molecule has 0 saturated heterocycles. The van der Waals surface area contributed by atoms with Crippen LogP contribution in [0.4, 0.5) is 0 Å². The molecule has 0 radical (unpaired) electrons. The molecule has 0 bridgehead atoms. The summed E-state index contributed by atoms with van der Waals surface area (Å²) in [5.41, 5.74) is 1.44. The number of allylic oxidation sites excluding steroid dienone is 1. The van der Waals surface area contributed by atoms with E-state index in [4.69, 9.17) is 5.26 Å². The zero-order valence-corrected chi connectivity index (χ0v) is 10.3. The number of nitriles is 1. The van der Waals surface area contributed by atoms with Crippen LogP contribution >= 0.6 is 0 Å². The average Bonchev–Trinajstić information content (AvgIpc) is 2.78. The van der Waals surface area contributed by atoms with Crippen LogP contribution in [0.2, 0.25) is 0 Å². The second kappa shape index (κ2) is 4.76. The SMILES string of the molecule is CN(C)C=C(C#N)C(=O)c1cc2ccccc2[nH]1. The predicted octanol–water partition coefficient (Wildman–Crippen LogP) is 2.32. The number of carbonyl (C=O) groups excluding carboxylic acids is 1. The van der Waals surface area contributed by atoms with Gasteiger partial charge in [0.2, 0.25) is 5.78 Å². The van der Waals surface area contributed by atoms with Crippen LogP contribution in [-0.2, 0) is 0 Å². The van der Waals surface area contributed by atoms with Gasteiger partial charge in [-0.15, -0.1) is 0 Å². The van der Waals surface area contributed by atoms with Gasteiger partial charge in [-0.25, -0.2) is 0 Å². The second-order valence-corrected chi connectivity index (χ2v) is 4.22. The van der Waals surface area contributed by atoms with Crippen molar-refractivity contribution in [1.82, 2.24) is 9.88 Å². The van der Waals surface area contributed by atoms with E-state index in [0.717, 1.165) is 10.9 Å². The molecule has 18 heavy (non-hydrogen) atoms. The van der Waals surface area contributed by atoms with Crippen LogP contribution in [0.5, 0.6) is 0 Å². The summed E-state index contributed by atoms with van der Waals surface area (Å²) in [7, 11) is 3.55. The fraction of sp³-hybridized carbons (Fsp3) is 0.143. The first kappa shape index (κ1) is 11.9. The quantitative estimate of drug-likeness (QED) is 0.508. The van der Waals surface area contributed by atoms with Crippen LogP contribution in [0.3, 0.4) is 0 Å². The minimum Gasteiger partial charge on any atom is -0.382 e. The van der Waals surface area contributed by atoms with Crippen LogP contribution in [0, 0.1) is 11.3 Å². The molecule has 90 valence electrons. The van der Waals surface area contributed by atoms with E-state index in [2.05, 4.69) is 4.98 Å². The van der Waals surface area contributed by atoms with Crippen molar-refractivity contribution < 1.29 is 4.79 Å². The standard InChI is InChI=1S/C14H13N3O/c1-17(2)9-11(8-15)14(18)13-7-10-5-3-4-6-12(10)16-13/h3-7,9,16H,1-2H3. The van der Waals surface area contributed by atoms with Crippen molar-refractivity contribution in [3.05, 3.63) is 47.8 Å². The highest BCUT2D eigenvalue weighted by molar-refractivity contribution is 6.12. The number of aromatic amines is 1. The molecule has 0 aliphatic carbocycles. The number of Topliss-reactive ketones (excluding diaryl/α,β-unsaturated/α-hetero) is 1. The van der Waals surface area contributed by atoms with Gasteiger partial charge in [0, 0.05) is 31.2 Å². The number of hydrogen-bond acceptors (Lipinski definition) is 3. The highest BCUT2D eigenvalue weighted by atomic mass is 16.1. The number of H-pyrrole nitrogens is 1. The minimum absolute atomic E-state index is 0.117. The number of hydrogen-bond donors (Lipinski definition) is 1. The number of nitrogens with zero attached hydrogens (tertiary/aromatic N) is 2. The van der Waals surface area contributed by atoms with Gasteiger partial charge in [0.15, 0.2) is 0 Å². The van der Waals surface area contributed by atoms with Crippen LogP contribution < -0.4 is 0 Å². The second-order valence-electron chi connectivity index (χ2n) is 4.22. The van der Waals surface area contributed by atoms with E-state index in [1.807, 2.05) is 30.3 Å². The highest BCUT2D eigenvalue weighted by Gasteiger charge is 2.14. The molecule has 0 aliphatic heterocycles. The molecule has 4 heteroatoms. The van der Waals surface area contributed by atoms with Gasteiger partial charge in [0.25, 0.3) is 0 Å². The maximum atomic E-state index is 12.1. The van der Waals surface area contributed by atoms with Crippen molar-refractivity contribution in [2.45, 2.75) is 0 Å². The van der Waals surface area contributed by atoms with Crippen molar-refractivity contribution in [3.63, 3.8) is 0 Å². The Morgan fingerprint density at radius 3 is 2.72 bits per heavy atom. The summed E-state index contributed by atoms with van der Waals surface area (Å²) in [5.74, 6) is -0.289. The van der Waals surface area contributed by atoms with Gasteiger partial charge < -0.3 is 9.88 Å². The lowest BCUT2D eigenvalue weighted by Crippen LogP contribution is -2.09. The van der Waals surface area contributed by atoms with Crippen LogP contribution in [-0.4, -0.2) is 29.8 Å². The van der Waals surface area contributed by atoms with Crippen molar-refractivity contribution in [2.24, 2.45) is 0 Å².